The minimum Gasteiger partial charge on any atom is -0.359 e. The Morgan fingerprint density at radius 3 is 3.08 bits per heavy atom. The largest absolute Gasteiger partial charge is 0.359 e. The molecule has 0 radical (unpaired) electrons. The van der Waals surface area contributed by atoms with Crippen molar-refractivity contribution in [2.24, 2.45) is 5.92 Å². The number of rotatable bonds is 4. The Hall–Kier alpha value is -0.990. The Kier molecular flexibility index (Phi) is 2.25. The normalized spacial score (nSPS) is 18.6. The highest BCUT2D eigenvalue weighted by atomic mass is 15.2. The third kappa shape index (κ3) is 1.85. The van der Waals surface area contributed by atoms with E-state index in [1.54, 1.807) is 0 Å². The predicted molar refractivity (Wildman–Crippen MR) is 53.8 cm³/mol. The van der Waals surface area contributed by atoms with Crippen molar-refractivity contribution < 1.29 is 0 Å². The van der Waals surface area contributed by atoms with E-state index in [0.717, 1.165) is 11.9 Å². The second kappa shape index (κ2) is 3.40. The second-order valence-electron chi connectivity index (χ2n) is 3.94. The van der Waals surface area contributed by atoms with Crippen LogP contribution in [0.2, 0.25) is 0 Å². The number of imidazole rings is 1. The van der Waals surface area contributed by atoms with Crippen molar-refractivity contribution in [3.8, 4) is 0 Å². The molecule has 13 heavy (non-hydrogen) atoms. The van der Waals surface area contributed by atoms with Crippen LogP contribution in [0, 0.1) is 5.92 Å². The molecule has 1 heterocycles. The molecule has 0 amide bonds. The fraction of sp³-hybridized carbons (Fsp3) is 0.700. The molecule has 72 valence electrons. The molecular weight excluding hydrogens is 162 g/mol. The Labute approximate surface area is 79.2 Å². The molecule has 1 aromatic rings. The van der Waals surface area contributed by atoms with Gasteiger partial charge in [-0.3, -0.25) is 0 Å². The number of hydrogen-bond donors (Lipinski definition) is 1. The molecular formula is C10H17N3. The van der Waals surface area contributed by atoms with Crippen molar-refractivity contribution in [2.45, 2.75) is 32.2 Å². The Bertz CT molecular complexity index is 275. The molecule has 1 aliphatic rings. The molecule has 0 bridgehead atoms. The van der Waals surface area contributed by atoms with Gasteiger partial charge in [-0.05, 0) is 19.3 Å². The maximum absolute atomic E-state index is 4.24. The van der Waals surface area contributed by atoms with Crippen LogP contribution in [-0.4, -0.2) is 16.6 Å². The number of nitrogens with one attached hydrogen (secondary N) is 1. The summed E-state index contributed by atoms with van der Waals surface area (Å²) in [6.07, 6.45) is 8.06. The van der Waals surface area contributed by atoms with E-state index in [1.165, 1.54) is 19.3 Å². The fourth-order valence-corrected chi connectivity index (χ4v) is 1.81. The fourth-order valence-electron chi connectivity index (χ4n) is 1.81. The Morgan fingerprint density at radius 2 is 2.46 bits per heavy atom. The highest BCUT2D eigenvalue weighted by molar-refractivity contribution is 5.25. The van der Waals surface area contributed by atoms with E-state index >= 15 is 0 Å². The third-order valence-electron chi connectivity index (χ3n) is 2.74. The van der Waals surface area contributed by atoms with Crippen LogP contribution in [0.1, 0.15) is 32.2 Å². The van der Waals surface area contributed by atoms with Crippen LogP contribution in [0.4, 0.5) is 5.95 Å². The van der Waals surface area contributed by atoms with E-state index in [2.05, 4.69) is 28.0 Å². The van der Waals surface area contributed by atoms with Gasteiger partial charge in [0, 0.05) is 25.5 Å². The lowest BCUT2D eigenvalue weighted by atomic mass is 10.1. The maximum Gasteiger partial charge on any atom is 0.202 e. The number of anilines is 1. The minimum atomic E-state index is 0.581. The number of nitrogens with zero attached hydrogens (tertiary/aromatic N) is 2. The number of aromatic nitrogens is 2. The summed E-state index contributed by atoms with van der Waals surface area (Å²) in [4.78, 5) is 4.24. The van der Waals surface area contributed by atoms with Gasteiger partial charge in [0.2, 0.25) is 5.95 Å². The minimum absolute atomic E-state index is 0.581. The van der Waals surface area contributed by atoms with E-state index in [-0.39, 0.29) is 0 Å². The lowest BCUT2D eigenvalue weighted by Gasteiger charge is -2.15. The molecule has 1 fully saturated rings. The van der Waals surface area contributed by atoms with Gasteiger partial charge >= 0.3 is 0 Å². The van der Waals surface area contributed by atoms with Gasteiger partial charge in [0.25, 0.3) is 0 Å². The molecule has 0 aliphatic heterocycles. The topological polar surface area (TPSA) is 29.9 Å². The summed E-state index contributed by atoms with van der Waals surface area (Å²) in [5.41, 5.74) is 0. The molecule has 3 heteroatoms. The first-order chi connectivity index (χ1) is 6.31. The summed E-state index contributed by atoms with van der Waals surface area (Å²) >= 11 is 0. The van der Waals surface area contributed by atoms with Gasteiger partial charge in [-0.25, -0.2) is 4.98 Å². The molecule has 0 saturated heterocycles. The monoisotopic (exact) mass is 179 g/mol. The summed E-state index contributed by atoms with van der Waals surface area (Å²) in [6, 6.07) is 0.581. The van der Waals surface area contributed by atoms with Crippen LogP contribution in [0.15, 0.2) is 12.4 Å². The van der Waals surface area contributed by atoms with E-state index in [1.807, 2.05) is 13.2 Å². The zero-order chi connectivity index (χ0) is 9.26. The highest BCUT2D eigenvalue weighted by Crippen LogP contribution is 2.37. The molecule has 2 rings (SSSR count). The highest BCUT2D eigenvalue weighted by Gasteiger charge is 2.24. The average molecular weight is 179 g/mol. The molecule has 1 aromatic heterocycles. The lowest BCUT2D eigenvalue weighted by Crippen LogP contribution is -2.08. The molecule has 1 N–H and O–H groups in total. The average Bonchev–Trinajstić information content (AvgIpc) is 2.82. The van der Waals surface area contributed by atoms with E-state index in [4.69, 9.17) is 0 Å². The van der Waals surface area contributed by atoms with Crippen molar-refractivity contribution >= 4 is 5.95 Å². The van der Waals surface area contributed by atoms with E-state index < -0.39 is 0 Å². The Balaban J connectivity index is 2.04. The van der Waals surface area contributed by atoms with Crippen LogP contribution in [0.25, 0.3) is 0 Å². The molecule has 3 nitrogen and oxygen atoms in total. The molecule has 0 aromatic carbocycles. The van der Waals surface area contributed by atoms with Gasteiger partial charge in [0.1, 0.15) is 0 Å². The SMILES string of the molecule is CNc1nccn1C(C)CC1CC1. The van der Waals surface area contributed by atoms with Crippen LogP contribution in [-0.2, 0) is 0 Å². The molecule has 1 saturated carbocycles. The standard InChI is InChI=1S/C10H17N3/c1-8(7-9-3-4-9)13-6-5-12-10(13)11-2/h5-6,8-9H,3-4,7H2,1-2H3,(H,11,12). The first-order valence-electron chi connectivity index (χ1n) is 5.02. The first kappa shape index (κ1) is 8.60. The second-order valence-corrected chi connectivity index (χ2v) is 3.94. The van der Waals surface area contributed by atoms with Crippen LogP contribution >= 0.6 is 0 Å². The van der Waals surface area contributed by atoms with Crippen LogP contribution < -0.4 is 5.32 Å². The smallest absolute Gasteiger partial charge is 0.202 e. The first-order valence-corrected chi connectivity index (χ1v) is 5.02. The van der Waals surface area contributed by atoms with Crippen molar-refractivity contribution in [1.82, 2.24) is 9.55 Å². The van der Waals surface area contributed by atoms with Crippen LogP contribution in [0.3, 0.4) is 0 Å². The molecule has 1 unspecified atom stereocenters. The number of hydrogen-bond acceptors (Lipinski definition) is 2. The summed E-state index contributed by atoms with van der Waals surface area (Å²) < 4.78 is 2.22. The molecule has 0 spiro atoms. The summed E-state index contributed by atoms with van der Waals surface area (Å²) in [5.74, 6) is 1.95. The molecule has 1 aliphatic carbocycles. The van der Waals surface area contributed by atoms with Crippen molar-refractivity contribution in [3.63, 3.8) is 0 Å². The van der Waals surface area contributed by atoms with Crippen molar-refractivity contribution in [3.05, 3.63) is 12.4 Å². The van der Waals surface area contributed by atoms with Crippen LogP contribution in [0.5, 0.6) is 0 Å². The quantitative estimate of drug-likeness (QED) is 0.768. The van der Waals surface area contributed by atoms with Gasteiger partial charge in [-0.15, -0.1) is 0 Å². The molecule has 1 atom stereocenters. The van der Waals surface area contributed by atoms with Gasteiger partial charge < -0.3 is 9.88 Å². The van der Waals surface area contributed by atoms with E-state index in [0.29, 0.717) is 6.04 Å². The van der Waals surface area contributed by atoms with Gasteiger partial charge in [0.05, 0.1) is 0 Å². The zero-order valence-corrected chi connectivity index (χ0v) is 8.33. The lowest BCUT2D eigenvalue weighted by molar-refractivity contribution is 0.481. The zero-order valence-electron chi connectivity index (χ0n) is 8.33. The van der Waals surface area contributed by atoms with Gasteiger partial charge in [-0.2, -0.15) is 0 Å². The summed E-state index contributed by atoms with van der Waals surface area (Å²) in [5, 5.41) is 3.10. The van der Waals surface area contributed by atoms with Gasteiger partial charge in [0.15, 0.2) is 0 Å². The summed E-state index contributed by atoms with van der Waals surface area (Å²) in [6.45, 7) is 2.26. The van der Waals surface area contributed by atoms with Crippen molar-refractivity contribution in [2.75, 3.05) is 12.4 Å². The third-order valence-corrected chi connectivity index (χ3v) is 2.74. The van der Waals surface area contributed by atoms with Crippen molar-refractivity contribution in [1.29, 1.82) is 0 Å². The van der Waals surface area contributed by atoms with Gasteiger partial charge in [-0.1, -0.05) is 12.8 Å². The maximum atomic E-state index is 4.24. The predicted octanol–water partition coefficient (Wildman–Crippen LogP) is 2.29. The Morgan fingerprint density at radius 1 is 1.69 bits per heavy atom. The van der Waals surface area contributed by atoms with E-state index in [9.17, 15) is 0 Å². The summed E-state index contributed by atoms with van der Waals surface area (Å²) in [7, 11) is 1.92.